The van der Waals surface area contributed by atoms with Crippen LogP contribution in [-0.4, -0.2) is 20.2 Å². The number of hydrogen-bond acceptors (Lipinski definition) is 5. The Labute approximate surface area is 86.4 Å². The molecule has 0 aliphatic rings. The van der Waals surface area contributed by atoms with E-state index in [2.05, 4.69) is 29.8 Å². The minimum Gasteiger partial charge on any atom is -0.411 e. The van der Waals surface area contributed by atoms with Crippen molar-refractivity contribution in [1.82, 2.24) is 8.75 Å². The standard InChI is InChI=1S/C7H4BrN3OS/c8-5-2-1-4(3-9-12)6-7(5)11-13-10-6/h1-3,12H/b9-3-. The molecule has 1 heterocycles. The predicted molar refractivity (Wildman–Crippen MR) is 54.5 cm³/mol. The molecule has 2 rings (SSSR count). The van der Waals surface area contributed by atoms with Gasteiger partial charge < -0.3 is 5.21 Å². The Balaban J connectivity index is 2.78. The van der Waals surface area contributed by atoms with E-state index in [0.717, 1.165) is 32.8 Å². The molecule has 1 aromatic carbocycles. The first-order chi connectivity index (χ1) is 6.33. The molecule has 0 saturated heterocycles. The van der Waals surface area contributed by atoms with Crippen LogP contribution in [0.4, 0.5) is 0 Å². The molecule has 1 aromatic heterocycles. The van der Waals surface area contributed by atoms with Crippen LogP contribution in [0.5, 0.6) is 0 Å². The Bertz CT molecular complexity index is 468. The molecule has 0 atom stereocenters. The van der Waals surface area contributed by atoms with Gasteiger partial charge in [-0.2, -0.15) is 8.75 Å². The highest BCUT2D eigenvalue weighted by Crippen LogP contribution is 2.24. The van der Waals surface area contributed by atoms with Crippen molar-refractivity contribution in [2.75, 3.05) is 0 Å². The van der Waals surface area contributed by atoms with Crippen LogP contribution in [0.3, 0.4) is 0 Å². The quantitative estimate of drug-likeness (QED) is 0.485. The lowest BCUT2D eigenvalue weighted by Gasteiger charge is -1.94. The second-order valence-corrected chi connectivity index (χ2v) is 3.73. The molecule has 0 aliphatic carbocycles. The van der Waals surface area contributed by atoms with Crippen LogP contribution in [0.2, 0.25) is 0 Å². The van der Waals surface area contributed by atoms with Gasteiger partial charge >= 0.3 is 0 Å². The summed E-state index contributed by atoms with van der Waals surface area (Å²) in [6.07, 6.45) is 1.34. The lowest BCUT2D eigenvalue weighted by molar-refractivity contribution is 0.322. The average molecular weight is 258 g/mol. The third-order valence-electron chi connectivity index (χ3n) is 1.59. The zero-order valence-corrected chi connectivity index (χ0v) is 8.71. The molecule has 0 saturated carbocycles. The summed E-state index contributed by atoms with van der Waals surface area (Å²) < 4.78 is 9.09. The van der Waals surface area contributed by atoms with E-state index in [4.69, 9.17) is 5.21 Å². The van der Waals surface area contributed by atoms with Crippen LogP contribution in [0.1, 0.15) is 5.56 Å². The molecular formula is C7H4BrN3OS. The molecule has 0 radical (unpaired) electrons. The summed E-state index contributed by atoms with van der Waals surface area (Å²) in [7, 11) is 0. The van der Waals surface area contributed by atoms with Gasteiger partial charge in [-0.3, -0.25) is 0 Å². The molecule has 0 amide bonds. The fraction of sp³-hybridized carbons (Fsp3) is 0. The number of hydrogen-bond donors (Lipinski definition) is 1. The smallest absolute Gasteiger partial charge is 0.119 e. The third-order valence-corrected chi connectivity index (χ3v) is 2.76. The molecule has 0 fully saturated rings. The predicted octanol–water partition coefficient (Wildman–Crippen LogP) is 2.26. The zero-order chi connectivity index (χ0) is 9.26. The number of nitrogens with zero attached hydrogens (tertiary/aromatic N) is 3. The summed E-state index contributed by atoms with van der Waals surface area (Å²) in [6, 6.07) is 3.66. The summed E-state index contributed by atoms with van der Waals surface area (Å²) >= 11 is 4.49. The van der Waals surface area contributed by atoms with Crippen molar-refractivity contribution in [3.8, 4) is 0 Å². The van der Waals surface area contributed by atoms with E-state index in [-0.39, 0.29) is 0 Å². The molecule has 2 aromatic rings. The Kier molecular flexibility index (Phi) is 2.24. The Morgan fingerprint density at radius 3 is 2.92 bits per heavy atom. The SMILES string of the molecule is O/N=C\c1ccc(Br)c2nsnc12. The van der Waals surface area contributed by atoms with Gasteiger partial charge in [0.25, 0.3) is 0 Å². The number of fused-ring (bicyclic) bond motifs is 1. The summed E-state index contributed by atoms with van der Waals surface area (Å²) in [5.74, 6) is 0. The van der Waals surface area contributed by atoms with E-state index in [9.17, 15) is 0 Å². The second kappa shape index (κ2) is 3.39. The first-order valence-electron chi connectivity index (χ1n) is 3.41. The number of rotatable bonds is 1. The maximum absolute atomic E-state index is 8.40. The van der Waals surface area contributed by atoms with E-state index in [1.54, 1.807) is 0 Å². The van der Waals surface area contributed by atoms with Gasteiger partial charge in [0, 0.05) is 10.0 Å². The summed E-state index contributed by atoms with van der Waals surface area (Å²) in [5.41, 5.74) is 2.30. The largest absolute Gasteiger partial charge is 0.411 e. The van der Waals surface area contributed by atoms with E-state index in [1.807, 2.05) is 12.1 Å². The molecule has 0 aliphatic heterocycles. The van der Waals surface area contributed by atoms with Gasteiger partial charge in [0.15, 0.2) is 0 Å². The van der Waals surface area contributed by atoms with Crippen molar-refractivity contribution >= 4 is 44.9 Å². The molecular weight excluding hydrogens is 254 g/mol. The number of oxime groups is 1. The Morgan fingerprint density at radius 1 is 1.38 bits per heavy atom. The van der Waals surface area contributed by atoms with Gasteiger partial charge in [-0.05, 0) is 28.1 Å². The maximum Gasteiger partial charge on any atom is 0.119 e. The highest BCUT2D eigenvalue weighted by atomic mass is 79.9. The van der Waals surface area contributed by atoms with Crippen LogP contribution in [0.15, 0.2) is 21.8 Å². The molecule has 66 valence electrons. The molecule has 13 heavy (non-hydrogen) atoms. The van der Waals surface area contributed by atoms with Crippen molar-refractivity contribution in [3.63, 3.8) is 0 Å². The van der Waals surface area contributed by atoms with Crippen LogP contribution >= 0.6 is 27.7 Å². The van der Waals surface area contributed by atoms with Gasteiger partial charge in [0.05, 0.1) is 17.9 Å². The van der Waals surface area contributed by atoms with Crippen LogP contribution < -0.4 is 0 Å². The van der Waals surface area contributed by atoms with E-state index in [1.165, 1.54) is 6.21 Å². The van der Waals surface area contributed by atoms with Gasteiger partial charge in [0.1, 0.15) is 11.0 Å². The van der Waals surface area contributed by atoms with Gasteiger partial charge in [-0.25, -0.2) is 0 Å². The summed E-state index contributed by atoms with van der Waals surface area (Å²) in [6.45, 7) is 0. The Morgan fingerprint density at radius 2 is 2.15 bits per heavy atom. The highest BCUT2D eigenvalue weighted by molar-refractivity contribution is 9.10. The number of aromatic nitrogens is 2. The lowest BCUT2D eigenvalue weighted by Crippen LogP contribution is -1.84. The van der Waals surface area contributed by atoms with Gasteiger partial charge in [-0.1, -0.05) is 5.16 Å². The number of halogens is 1. The van der Waals surface area contributed by atoms with Crippen LogP contribution in [0, 0.1) is 0 Å². The first-order valence-corrected chi connectivity index (χ1v) is 4.93. The zero-order valence-electron chi connectivity index (χ0n) is 6.31. The fourth-order valence-corrected chi connectivity index (χ4v) is 2.13. The minimum atomic E-state index is 0.747. The average Bonchev–Trinajstić information content (AvgIpc) is 2.59. The van der Waals surface area contributed by atoms with Gasteiger partial charge in [-0.15, -0.1) is 0 Å². The van der Waals surface area contributed by atoms with E-state index < -0.39 is 0 Å². The highest BCUT2D eigenvalue weighted by Gasteiger charge is 2.06. The molecule has 0 bridgehead atoms. The monoisotopic (exact) mass is 257 g/mol. The molecule has 1 N–H and O–H groups in total. The fourth-order valence-electron chi connectivity index (χ4n) is 1.02. The first kappa shape index (κ1) is 8.58. The van der Waals surface area contributed by atoms with E-state index >= 15 is 0 Å². The maximum atomic E-state index is 8.40. The summed E-state index contributed by atoms with van der Waals surface area (Å²) in [5, 5.41) is 11.4. The molecule has 0 spiro atoms. The van der Waals surface area contributed by atoms with Crippen molar-refractivity contribution < 1.29 is 5.21 Å². The summed E-state index contributed by atoms with van der Waals surface area (Å²) in [4.78, 5) is 0. The van der Waals surface area contributed by atoms with Crippen molar-refractivity contribution in [2.24, 2.45) is 5.16 Å². The minimum absolute atomic E-state index is 0.747. The van der Waals surface area contributed by atoms with Crippen LogP contribution in [-0.2, 0) is 0 Å². The second-order valence-electron chi connectivity index (χ2n) is 2.34. The third kappa shape index (κ3) is 1.42. The van der Waals surface area contributed by atoms with Gasteiger partial charge in [0.2, 0.25) is 0 Å². The van der Waals surface area contributed by atoms with Crippen molar-refractivity contribution in [1.29, 1.82) is 0 Å². The molecule has 0 unspecified atom stereocenters. The van der Waals surface area contributed by atoms with Crippen LogP contribution in [0.25, 0.3) is 11.0 Å². The van der Waals surface area contributed by atoms with Crippen molar-refractivity contribution in [3.05, 3.63) is 22.2 Å². The van der Waals surface area contributed by atoms with E-state index in [0.29, 0.717) is 0 Å². The molecule has 6 heteroatoms. The molecule has 4 nitrogen and oxygen atoms in total. The topological polar surface area (TPSA) is 58.4 Å². The lowest BCUT2D eigenvalue weighted by atomic mass is 10.2. The number of benzene rings is 1. The van der Waals surface area contributed by atoms with Crippen molar-refractivity contribution in [2.45, 2.75) is 0 Å². The normalized spacial score (nSPS) is 11.5. The Hall–Kier alpha value is -1.01.